The first-order valence-electron chi connectivity index (χ1n) is 11.2. The molecule has 0 bridgehead atoms. The smallest absolute Gasteiger partial charge is 0.387 e. The minimum Gasteiger partial charge on any atom is -0.493 e. The van der Waals surface area contributed by atoms with Crippen LogP contribution in [-0.4, -0.2) is 32.2 Å². The zero-order chi connectivity index (χ0) is 24.9. The van der Waals surface area contributed by atoms with Crippen molar-refractivity contribution in [3.8, 4) is 11.5 Å². The van der Waals surface area contributed by atoms with E-state index in [0.717, 1.165) is 23.3 Å². The highest BCUT2D eigenvalue weighted by atomic mass is 32.1. The van der Waals surface area contributed by atoms with Crippen LogP contribution >= 0.6 is 11.3 Å². The van der Waals surface area contributed by atoms with Crippen molar-refractivity contribution < 1.29 is 32.6 Å². The number of carbonyl (C=O) groups excluding carboxylic acids is 2. The monoisotopic (exact) mass is 501 g/mol. The molecule has 9 heteroatoms. The molecule has 1 amide bonds. The number of thiophene rings is 1. The number of esters is 1. The Morgan fingerprint density at radius 2 is 1.91 bits per heavy atom. The van der Waals surface area contributed by atoms with Crippen molar-refractivity contribution in [1.82, 2.24) is 0 Å². The Morgan fingerprint density at radius 1 is 1.14 bits per heavy atom. The molecule has 0 saturated heterocycles. The first-order valence-corrected chi connectivity index (χ1v) is 12.0. The lowest BCUT2D eigenvalue weighted by molar-refractivity contribution is -0.0512. The minimum atomic E-state index is -3.02. The van der Waals surface area contributed by atoms with Crippen molar-refractivity contribution in [2.75, 3.05) is 19.0 Å². The first kappa shape index (κ1) is 24.7. The highest BCUT2D eigenvalue weighted by molar-refractivity contribution is 7.17. The lowest BCUT2D eigenvalue weighted by Crippen LogP contribution is -2.17. The zero-order valence-corrected chi connectivity index (χ0v) is 20.1. The second-order valence-corrected chi connectivity index (χ2v) is 9.08. The van der Waals surface area contributed by atoms with Gasteiger partial charge < -0.3 is 19.5 Å². The molecule has 6 nitrogen and oxygen atoms in total. The average Bonchev–Trinajstić information content (AvgIpc) is 3.21. The summed E-state index contributed by atoms with van der Waals surface area (Å²) in [4.78, 5) is 26.9. The Hall–Kier alpha value is -3.46. The largest absolute Gasteiger partial charge is 0.493 e. The molecule has 35 heavy (non-hydrogen) atoms. The molecule has 1 aromatic heterocycles. The molecule has 0 spiro atoms. The van der Waals surface area contributed by atoms with E-state index in [0.29, 0.717) is 22.9 Å². The molecule has 4 rings (SSSR count). The van der Waals surface area contributed by atoms with Gasteiger partial charge in [0.2, 0.25) is 0 Å². The van der Waals surface area contributed by atoms with E-state index in [9.17, 15) is 18.4 Å². The lowest BCUT2D eigenvalue weighted by atomic mass is 9.83. The van der Waals surface area contributed by atoms with E-state index in [1.807, 2.05) is 18.2 Å². The summed E-state index contributed by atoms with van der Waals surface area (Å²) < 4.78 is 40.0. The highest BCUT2D eigenvalue weighted by Crippen LogP contribution is 2.43. The number of methoxy groups -OCH3 is 1. The molecule has 1 atom stereocenters. The van der Waals surface area contributed by atoms with Gasteiger partial charge >= 0.3 is 12.6 Å². The topological polar surface area (TPSA) is 73.9 Å². The van der Waals surface area contributed by atoms with Gasteiger partial charge in [-0.2, -0.15) is 8.78 Å². The second-order valence-electron chi connectivity index (χ2n) is 7.98. The fourth-order valence-electron chi connectivity index (χ4n) is 4.28. The number of fused-ring (bicyclic) bond motifs is 1. The van der Waals surface area contributed by atoms with Crippen LogP contribution < -0.4 is 14.8 Å². The third-order valence-corrected chi connectivity index (χ3v) is 7.05. The van der Waals surface area contributed by atoms with Crippen LogP contribution in [0.1, 0.15) is 56.0 Å². The number of amides is 1. The maximum Gasteiger partial charge on any atom is 0.387 e. The number of carbonyl (C=O) groups is 2. The number of rotatable bonds is 8. The SMILES string of the molecule is CCOC(=O)c1c(NC(=O)c2ccc(OC(F)F)c(OC)c2)sc2c1CC[C@H](c1ccccc1)C2. The molecule has 0 radical (unpaired) electrons. The fourth-order valence-corrected chi connectivity index (χ4v) is 5.59. The molecular formula is C26H25F2NO5S. The normalized spacial score (nSPS) is 14.8. The van der Waals surface area contributed by atoms with E-state index in [1.54, 1.807) is 6.92 Å². The predicted octanol–water partition coefficient (Wildman–Crippen LogP) is 6.06. The molecule has 1 aliphatic rings. The van der Waals surface area contributed by atoms with Gasteiger partial charge in [-0.15, -0.1) is 11.3 Å². The molecule has 0 fully saturated rings. The summed E-state index contributed by atoms with van der Waals surface area (Å²) in [5.74, 6) is -0.829. The molecule has 0 unspecified atom stereocenters. The summed E-state index contributed by atoms with van der Waals surface area (Å²) in [5.41, 5.74) is 2.71. The third kappa shape index (κ3) is 5.45. The van der Waals surface area contributed by atoms with E-state index >= 15 is 0 Å². The first-order chi connectivity index (χ1) is 16.9. The number of nitrogens with one attached hydrogen (secondary N) is 1. The zero-order valence-electron chi connectivity index (χ0n) is 19.3. The van der Waals surface area contributed by atoms with Gasteiger partial charge in [0.15, 0.2) is 11.5 Å². The second kappa shape index (κ2) is 10.9. The molecule has 0 saturated carbocycles. The van der Waals surface area contributed by atoms with Crippen LogP contribution in [-0.2, 0) is 17.6 Å². The molecule has 3 aromatic rings. The molecule has 184 valence electrons. The number of hydrogen-bond acceptors (Lipinski definition) is 6. The van der Waals surface area contributed by atoms with Crippen LogP contribution in [0.25, 0.3) is 0 Å². The molecular weight excluding hydrogens is 476 g/mol. The van der Waals surface area contributed by atoms with Crippen molar-refractivity contribution in [1.29, 1.82) is 0 Å². The quantitative estimate of drug-likeness (QED) is 0.380. The molecule has 0 aliphatic heterocycles. The van der Waals surface area contributed by atoms with Gasteiger partial charge in [0, 0.05) is 10.4 Å². The Kier molecular flexibility index (Phi) is 7.65. The van der Waals surface area contributed by atoms with Gasteiger partial charge in [-0.25, -0.2) is 4.79 Å². The summed E-state index contributed by atoms with van der Waals surface area (Å²) in [6.45, 7) is -1.07. The van der Waals surface area contributed by atoms with E-state index < -0.39 is 18.5 Å². The van der Waals surface area contributed by atoms with E-state index in [1.165, 1.54) is 42.2 Å². The standard InChI is InChI=1S/C26H25F2NO5S/c1-3-33-25(31)22-18-11-9-16(15-7-5-4-6-8-15)14-21(18)35-24(22)29-23(30)17-10-12-19(34-26(27)28)20(13-17)32-2/h4-8,10,12-13,16,26H,3,9,11,14H2,1-2H3,(H,29,30)/t16-/m0/s1. The maximum absolute atomic E-state index is 13.0. The number of alkyl halides is 2. The van der Waals surface area contributed by atoms with Gasteiger partial charge in [0.05, 0.1) is 19.3 Å². The predicted molar refractivity (Wildman–Crippen MR) is 129 cm³/mol. The van der Waals surface area contributed by atoms with Crippen LogP contribution in [0.4, 0.5) is 13.8 Å². The summed E-state index contributed by atoms with van der Waals surface area (Å²) in [6, 6.07) is 14.1. The Balaban J connectivity index is 1.62. The van der Waals surface area contributed by atoms with E-state index in [-0.39, 0.29) is 23.7 Å². The molecule has 1 aliphatic carbocycles. The summed E-state index contributed by atoms with van der Waals surface area (Å²) in [5, 5.41) is 3.24. The summed E-state index contributed by atoms with van der Waals surface area (Å²) in [6.07, 6.45) is 2.35. The minimum absolute atomic E-state index is 0.000238. The van der Waals surface area contributed by atoms with Gasteiger partial charge in [0.25, 0.3) is 5.91 Å². The number of ether oxygens (including phenoxy) is 3. The number of benzene rings is 2. The lowest BCUT2D eigenvalue weighted by Gasteiger charge is -2.23. The Bertz CT molecular complexity index is 1210. The van der Waals surface area contributed by atoms with Crippen LogP contribution in [0.5, 0.6) is 11.5 Å². The summed E-state index contributed by atoms with van der Waals surface area (Å²) >= 11 is 1.37. The number of halogens is 2. The van der Waals surface area contributed by atoms with Crippen molar-refractivity contribution in [2.45, 2.75) is 38.7 Å². The van der Waals surface area contributed by atoms with Gasteiger partial charge in [0.1, 0.15) is 5.00 Å². The summed E-state index contributed by atoms with van der Waals surface area (Å²) in [7, 11) is 1.30. The van der Waals surface area contributed by atoms with Crippen molar-refractivity contribution in [3.05, 3.63) is 75.7 Å². The highest BCUT2D eigenvalue weighted by Gasteiger charge is 2.31. The maximum atomic E-state index is 13.0. The molecule has 2 aromatic carbocycles. The van der Waals surface area contributed by atoms with Gasteiger partial charge in [-0.1, -0.05) is 30.3 Å². The van der Waals surface area contributed by atoms with Crippen LogP contribution in [0.15, 0.2) is 48.5 Å². The van der Waals surface area contributed by atoms with Gasteiger partial charge in [-0.3, -0.25) is 4.79 Å². The van der Waals surface area contributed by atoms with Crippen LogP contribution in [0.2, 0.25) is 0 Å². The van der Waals surface area contributed by atoms with Crippen molar-refractivity contribution in [3.63, 3.8) is 0 Å². The Morgan fingerprint density at radius 3 is 2.60 bits per heavy atom. The molecule has 1 heterocycles. The van der Waals surface area contributed by atoms with E-state index in [2.05, 4.69) is 22.2 Å². The van der Waals surface area contributed by atoms with E-state index in [4.69, 9.17) is 9.47 Å². The number of anilines is 1. The van der Waals surface area contributed by atoms with Crippen LogP contribution in [0.3, 0.4) is 0 Å². The average molecular weight is 502 g/mol. The fraction of sp³-hybridized carbons (Fsp3) is 0.308. The van der Waals surface area contributed by atoms with Crippen molar-refractivity contribution >= 4 is 28.2 Å². The molecule has 1 N–H and O–H groups in total. The van der Waals surface area contributed by atoms with Crippen LogP contribution in [0, 0.1) is 0 Å². The van der Waals surface area contributed by atoms with Gasteiger partial charge in [-0.05, 0) is 61.4 Å². The van der Waals surface area contributed by atoms with Crippen molar-refractivity contribution in [2.24, 2.45) is 0 Å². The Labute approximate surface area is 205 Å². The number of hydrogen-bond donors (Lipinski definition) is 1. The third-order valence-electron chi connectivity index (χ3n) is 5.88.